The fraction of sp³-hybridized carbons (Fsp3) is 0.765. The average Bonchev–Trinajstić information content (AvgIpc) is 2.39. The highest BCUT2D eigenvalue weighted by Crippen LogP contribution is 2.60. The zero-order valence-electron chi connectivity index (χ0n) is 12.4. The predicted octanol–water partition coefficient (Wildman–Crippen LogP) is 2.75. The van der Waals surface area contributed by atoms with E-state index in [0.717, 1.165) is 24.2 Å². The lowest BCUT2D eigenvalue weighted by Crippen LogP contribution is -2.49. The number of hydrogen-bond donors (Lipinski definition) is 1. The number of rotatable bonds is 3. The van der Waals surface area contributed by atoms with Gasteiger partial charge in [-0.1, -0.05) is 0 Å². The first-order valence-corrected chi connectivity index (χ1v) is 8.21. The molecule has 0 spiro atoms. The molecular weight excluding hydrogens is 246 g/mol. The minimum absolute atomic E-state index is 0.380. The Bertz CT molecular complexity index is 488. The standard InChI is InChI=1S/C17H25N3/c1-11-15(2-3-18)19-10-20-16(11)17-7-12-4-13(8-17)6-14(5-12)9-17/h10,12-14H,2-9,18H2,1H3. The molecule has 3 nitrogen and oxygen atoms in total. The van der Waals surface area contributed by atoms with Crippen molar-refractivity contribution in [1.29, 1.82) is 0 Å². The van der Waals surface area contributed by atoms with E-state index in [2.05, 4.69) is 11.9 Å². The first kappa shape index (κ1) is 12.8. The van der Waals surface area contributed by atoms with Gasteiger partial charge < -0.3 is 5.73 Å². The molecule has 1 aromatic heterocycles. The minimum Gasteiger partial charge on any atom is -0.330 e. The van der Waals surface area contributed by atoms with Gasteiger partial charge >= 0.3 is 0 Å². The summed E-state index contributed by atoms with van der Waals surface area (Å²) in [6.07, 6.45) is 11.2. The van der Waals surface area contributed by atoms with Crippen molar-refractivity contribution in [2.75, 3.05) is 6.54 Å². The molecule has 3 heteroatoms. The third kappa shape index (κ3) is 1.82. The maximum Gasteiger partial charge on any atom is 0.115 e. The SMILES string of the molecule is Cc1c(CCN)ncnc1C12CC3CC(CC(C3)C1)C2. The Labute approximate surface area is 121 Å². The smallest absolute Gasteiger partial charge is 0.115 e. The second-order valence-corrected chi connectivity index (χ2v) is 7.53. The topological polar surface area (TPSA) is 51.8 Å². The molecule has 0 amide bonds. The Hall–Kier alpha value is -0.960. The summed E-state index contributed by atoms with van der Waals surface area (Å²) in [5.41, 5.74) is 9.98. The molecule has 1 aromatic rings. The van der Waals surface area contributed by atoms with Crippen molar-refractivity contribution in [2.45, 2.75) is 57.3 Å². The fourth-order valence-electron chi connectivity index (χ4n) is 5.81. The summed E-state index contributed by atoms with van der Waals surface area (Å²) in [6, 6.07) is 0. The molecule has 20 heavy (non-hydrogen) atoms. The molecule has 4 bridgehead atoms. The maximum absolute atomic E-state index is 5.73. The highest BCUT2D eigenvalue weighted by atomic mass is 14.9. The van der Waals surface area contributed by atoms with Gasteiger partial charge in [0.2, 0.25) is 0 Å². The highest BCUT2D eigenvalue weighted by Gasteiger charge is 2.52. The monoisotopic (exact) mass is 271 g/mol. The van der Waals surface area contributed by atoms with Crippen molar-refractivity contribution in [3.8, 4) is 0 Å². The van der Waals surface area contributed by atoms with Crippen LogP contribution >= 0.6 is 0 Å². The van der Waals surface area contributed by atoms with Crippen molar-refractivity contribution >= 4 is 0 Å². The summed E-state index contributed by atoms with van der Waals surface area (Å²) < 4.78 is 0. The maximum atomic E-state index is 5.73. The van der Waals surface area contributed by atoms with Crippen molar-refractivity contribution < 1.29 is 0 Å². The lowest BCUT2D eigenvalue weighted by atomic mass is 9.48. The van der Waals surface area contributed by atoms with Crippen molar-refractivity contribution in [3.05, 3.63) is 23.3 Å². The van der Waals surface area contributed by atoms with Crippen LogP contribution in [0.1, 0.15) is 55.5 Å². The van der Waals surface area contributed by atoms with Crippen LogP contribution in [0.3, 0.4) is 0 Å². The second-order valence-electron chi connectivity index (χ2n) is 7.53. The fourth-order valence-corrected chi connectivity index (χ4v) is 5.81. The Morgan fingerprint density at radius 3 is 2.25 bits per heavy atom. The van der Waals surface area contributed by atoms with Gasteiger partial charge in [0.25, 0.3) is 0 Å². The first-order chi connectivity index (χ1) is 9.70. The Balaban J connectivity index is 1.75. The van der Waals surface area contributed by atoms with E-state index >= 15 is 0 Å². The summed E-state index contributed by atoms with van der Waals surface area (Å²) in [4.78, 5) is 9.22. The molecule has 4 fully saturated rings. The molecule has 0 radical (unpaired) electrons. The van der Waals surface area contributed by atoms with Crippen LogP contribution < -0.4 is 5.73 Å². The predicted molar refractivity (Wildman–Crippen MR) is 79.4 cm³/mol. The summed E-state index contributed by atoms with van der Waals surface area (Å²) >= 11 is 0. The molecule has 0 aromatic carbocycles. The van der Waals surface area contributed by atoms with Crippen molar-refractivity contribution in [1.82, 2.24) is 9.97 Å². The minimum atomic E-state index is 0.380. The number of nitrogens with two attached hydrogens (primary N) is 1. The largest absolute Gasteiger partial charge is 0.330 e. The lowest BCUT2D eigenvalue weighted by Gasteiger charge is -2.56. The Morgan fingerprint density at radius 1 is 1.10 bits per heavy atom. The zero-order valence-corrected chi connectivity index (χ0v) is 12.4. The normalized spacial score (nSPS) is 38.4. The van der Waals surface area contributed by atoms with E-state index in [1.807, 2.05) is 0 Å². The molecule has 0 unspecified atom stereocenters. The van der Waals surface area contributed by atoms with Crippen LogP contribution in [0, 0.1) is 24.7 Å². The zero-order chi connectivity index (χ0) is 13.7. The molecule has 0 atom stereocenters. The van der Waals surface area contributed by atoms with Gasteiger partial charge in [-0.15, -0.1) is 0 Å². The van der Waals surface area contributed by atoms with E-state index in [-0.39, 0.29) is 0 Å². The van der Waals surface area contributed by atoms with Crippen LogP contribution in [0.2, 0.25) is 0 Å². The Kier molecular flexibility index (Phi) is 2.88. The second kappa shape index (κ2) is 4.52. The quantitative estimate of drug-likeness (QED) is 0.919. The van der Waals surface area contributed by atoms with E-state index in [1.165, 1.54) is 55.5 Å². The molecule has 0 aliphatic heterocycles. The van der Waals surface area contributed by atoms with Gasteiger partial charge in [0, 0.05) is 17.5 Å². The molecular formula is C17H25N3. The van der Waals surface area contributed by atoms with Gasteiger partial charge in [0.15, 0.2) is 0 Å². The van der Waals surface area contributed by atoms with Crippen molar-refractivity contribution in [2.24, 2.45) is 23.5 Å². The number of nitrogens with zero attached hydrogens (tertiary/aromatic N) is 2. The third-order valence-electron chi connectivity index (χ3n) is 6.11. The van der Waals surface area contributed by atoms with E-state index in [0.29, 0.717) is 12.0 Å². The van der Waals surface area contributed by atoms with E-state index < -0.39 is 0 Å². The lowest BCUT2D eigenvalue weighted by molar-refractivity contribution is -0.00762. The summed E-state index contributed by atoms with van der Waals surface area (Å²) in [5.74, 6) is 2.90. The third-order valence-corrected chi connectivity index (χ3v) is 6.11. The molecule has 4 aliphatic carbocycles. The van der Waals surface area contributed by atoms with Gasteiger partial charge in [-0.2, -0.15) is 0 Å². The Morgan fingerprint density at radius 2 is 1.70 bits per heavy atom. The molecule has 2 N–H and O–H groups in total. The van der Waals surface area contributed by atoms with Crippen LogP contribution in [-0.4, -0.2) is 16.5 Å². The van der Waals surface area contributed by atoms with Gasteiger partial charge in [0.1, 0.15) is 6.33 Å². The van der Waals surface area contributed by atoms with E-state index in [1.54, 1.807) is 6.33 Å². The van der Waals surface area contributed by atoms with Crippen LogP contribution in [0.4, 0.5) is 0 Å². The van der Waals surface area contributed by atoms with Gasteiger partial charge in [-0.25, -0.2) is 9.97 Å². The summed E-state index contributed by atoms with van der Waals surface area (Å²) in [7, 11) is 0. The van der Waals surface area contributed by atoms with Crippen LogP contribution in [0.25, 0.3) is 0 Å². The molecule has 1 heterocycles. The number of hydrogen-bond acceptors (Lipinski definition) is 3. The van der Waals surface area contributed by atoms with Crippen LogP contribution in [0.15, 0.2) is 6.33 Å². The van der Waals surface area contributed by atoms with Crippen LogP contribution in [-0.2, 0) is 11.8 Å². The summed E-state index contributed by atoms with van der Waals surface area (Å²) in [6.45, 7) is 2.90. The average molecular weight is 271 g/mol. The molecule has 5 rings (SSSR count). The van der Waals surface area contributed by atoms with Crippen molar-refractivity contribution in [3.63, 3.8) is 0 Å². The van der Waals surface area contributed by atoms with E-state index in [4.69, 9.17) is 10.7 Å². The van der Waals surface area contributed by atoms with Gasteiger partial charge in [0.05, 0.1) is 5.69 Å². The number of aromatic nitrogens is 2. The molecule has 108 valence electrons. The highest BCUT2D eigenvalue weighted by molar-refractivity contribution is 5.32. The van der Waals surface area contributed by atoms with Gasteiger partial charge in [-0.3, -0.25) is 0 Å². The summed E-state index contributed by atoms with van der Waals surface area (Å²) in [5, 5.41) is 0. The molecule has 0 saturated heterocycles. The van der Waals surface area contributed by atoms with Gasteiger partial charge in [-0.05, 0) is 75.3 Å². The van der Waals surface area contributed by atoms with E-state index in [9.17, 15) is 0 Å². The first-order valence-electron chi connectivity index (χ1n) is 8.21. The van der Waals surface area contributed by atoms with Crippen LogP contribution in [0.5, 0.6) is 0 Å². The molecule has 4 saturated carbocycles. The molecule has 4 aliphatic rings.